The molecule has 1 saturated carbocycles. The third-order valence-corrected chi connectivity index (χ3v) is 3.76. The van der Waals surface area contributed by atoms with Crippen molar-refractivity contribution < 1.29 is 9.53 Å². The first-order chi connectivity index (χ1) is 8.27. The molecular weight excluding hydrogens is 216 g/mol. The summed E-state index contributed by atoms with van der Waals surface area (Å²) in [5, 5.41) is 0. The molecule has 1 fully saturated rings. The molecule has 1 amide bonds. The molecule has 4 nitrogen and oxygen atoms in total. The fourth-order valence-electron chi connectivity index (χ4n) is 2.93. The van der Waals surface area contributed by atoms with Gasteiger partial charge in [-0.3, -0.25) is 4.90 Å². The van der Waals surface area contributed by atoms with Crippen LogP contribution in [0.4, 0.5) is 10.6 Å². The van der Waals surface area contributed by atoms with Crippen molar-refractivity contribution in [3.63, 3.8) is 0 Å². The van der Waals surface area contributed by atoms with Crippen molar-refractivity contribution >= 4 is 11.9 Å². The Balaban J connectivity index is 2.14. The lowest BCUT2D eigenvalue weighted by molar-refractivity contribution is 0.0104. The smallest absolute Gasteiger partial charge is 0.416 e. The van der Waals surface area contributed by atoms with Gasteiger partial charge in [0, 0.05) is 18.3 Å². The summed E-state index contributed by atoms with van der Waals surface area (Å²) in [5.74, 6) is 0.785. The molecule has 1 aliphatic heterocycles. The van der Waals surface area contributed by atoms with Gasteiger partial charge in [-0.25, -0.2) is 9.78 Å². The minimum absolute atomic E-state index is 0.249. The van der Waals surface area contributed by atoms with Gasteiger partial charge >= 0.3 is 6.09 Å². The van der Waals surface area contributed by atoms with Crippen LogP contribution in [0.15, 0.2) is 18.3 Å². The first-order valence-corrected chi connectivity index (χ1v) is 6.23. The van der Waals surface area contributed by atoms with E-state index in [1.165, 1.54) is 0 Å². The highest BCUT2D eigenvalue weighted by Crippen LogP contribution is 2.48. The largest absolute Gasteiger partial charge is 0.437 e. The molecule has 0 unspecified atom stereocenters. The molecule has 0 bridgehead atoms. The fourth-order valence-corrected chi connectivity index (χ4v) is 2.93. The van der Waals surface area contributed by atoms with Gasteiger partial charge in [0.2, 0.25) is 0 Å². The van der Waals surface area contributed by atoms with Gasteiger partial charge in [-0.05, 0) is 44.7 Å². The van der Waals surface area contributed by atoms with E-state index in [-0.39, 0.29) is 6.09 Å². The maximum Gasteiger partial charge on any atom is 0.416 e. The number of fused-ring (bicyclic) bond motifs is 2. The number of ether oxygens (including phenoxy) is 1. The lowest BCUT2D eigenvalue weighted by atomic mass is 9.91. The summed E-state index contributed by atoms with van der Waals surface area (Å²) < 4.78 is 5.71. The molecule has 4 heteroatoms. The average molecular weight is 232 g/mol. The zero-order chi connectivity index (χ0) is 11.9. The normalized spacial score (nSPS) is 21.5. The van der Waals surface area contributed by atoms with Gasteiger partial charge in [0.05, 0.1) is 0 Å². The van der Waals surface area contributed by atoms with E-state index in [1.807, 2.05) is 19.1 Å². The van der Waals surface area contributed by atoms with Gasteiger partial charge in [-0.15, -0.1) is 0 Å². The molecular formula is C13H16N2O2. The summed E-state index contributed by atoms with van der Waals surface area (Å²) in [7, 11) is 0. The number of carbonyl (C=O) groups is 1. The summed E-state index contributed by atoms with van der Waals surface area (Å²) >= 11 is 0. The molecule has 2 aliphatic rings. The average Bonchev–Trinajstić information content (AvgIpc) is 2.79. The molecule has 2 heterocycles. The Kier molecular flexibility index (Phi) is 2.31. The Hall–Kier alpha value is -1.58. The monoisotopic (exact) mass is 232 g/mol. The molecule has 0 aromatic carbocycles. The molecule has 17 heavy (non-hydrogen) atoms. The Morgan fingerprint density at radius 1 is 1.47 bits per heavy atom. The standard InChI is InChI=1S/C13H16N2O2/c1-2-15-11-10(6-5-9-14-11)13(17-12(15)16)7-3-4-8-13/h5-6,9H,2-4,7-8H2,1H3. The van der Waals surface area contributed by atoms with Crippen LogP contribution in [-0.2, 0) is 10.3 Å². The van der Waals surface area contributed by atoms with Crippen molar-refractivity contribution in [2.45, 2.75) is 38.2 Å². The van der Waals surface area contributed by atoms with Gasteiger partial charge in [0.25, 0.3) is 0 Å². The second-order valence-electron chi connectivity index (χ2n) is 4.69. The number of anilines is 1. The number of amides is 1. The molecule has 1 aromatic heterocycles. The van der Waals surface area contributed by atoms with E-state index in [1.54, 1.807) is 11.1 Å². The zero-order valence-corrected chi connectivity index (χ0v) is 9.98. The van der Waals surface area contributed by atoms with Crippen molar-refractivity contribution in [3.8, 4) is 0 Å². The molecule has 1 aliphatic carbocycles. The summed E-state index contributed by atoms with van der Waals surface area (Å²) in [5.41, 5.74) is 0.686. The van der Waals surface area contributed by atoms with Crippen LogP contribution in [-0.4, -0.2) is 17.6 Å². The van der Waals surface area contributed by atoms with Gasteiger partial charge < -0.3 is 4.74 Å². The van der Waals surface area contributed by atoms with Gasteiger partial charge in [-0.1, -0.05) is 0 Å². The number of hydrogen-bond donors (Lipinski definition) is 0. The van der Waals surface area contributed by atoms with Crippen molar-refractivity contribution in [1.82, 2.24) is 4.98 Å². The highest BCUT2D eigenvalue weighted by Gasteiger charge is 2.47. The highest BCUT2D eigenvalue weighted by atomic mass is 16.6. The predicted molar refractivity (Wildman–Crippen MR) is 63.9 cm³/mol. The quantitative estimate of drug-likeness (QED) is 0.747. The Morgan fingerprint density at radius 2 is 2.24 bits per heavy atom. The van der Waals surface area contributed by atoms with E-state index < -0.39 is 5.60 Å². The van der Waals surface area contributed by atoms with Crippen molar-refractivity contribution in [3.05, 3.63) is 23.9 Å². The van der Waals surface area contributed by atoms with E-state index in [0.29, 0.717) is 6.54 Å². The van der Waals surface area contributed by atoms with E-state index >= 15 is 0 Å². The number of hydrogen-bond acceptors (Lipinski definition) is 3. The van der Waals surface area contributed by atoms with Gasteiger partial charge in [-0.2, -0.15) is 0 Å². The molecule has 90 valence electrons. The summed E-state index contributed by atoms with van der Waals surface area (Å²) in [6.07, 6.45) is 5.58. The number of pyridine rings is 1. The number of rotatable bonds is 1. The third-order valence-electron chi connectivity index (χ3n) is 3.76. The van der Waals surface area contributed by atoms with Crippen LogP contribution in [0.25, 0.3) is 0 Å². The van der Waals surface area contributed by atoms with Crippen LogP contribution < -0.4 is 4.90 Å². The first kappa shape index (κ1) is 10.6. The van der Waals surface area contributed by atoms with Crippen LogP contribution in [0.5, 0.6) is 0 Å². The molecule has 0 radical (unpaired) electrons. The Morgan fingerprint density at radius 3 is 2.94 bits per heavy atom. The summed E-state index contributed by atoms with van der Waals surface area (Å²) in [6, 6.07) is 3.97. The van der Waals surface area contributed by atoms with Gasteiger partial charge in [0.15, 0.2) is 0 Å². The van der Waals surface area contributed by atoms with Gasteiger partial charge in [0.1, 0.15) is 11.4 Å². The maximum atomic E-state index is 12.0. The number of nitrogens with zero attached hydrogens (tertiary/aromatic N) is 2. The van der Waals surface area contributed by atoms with Crippen LogP contribution >= 0.6 is 0 Å². The van der Waals surface area contributed by atoms with Crippen LogP contribution in [0, 0.1) is 0 Å². The molecule has 0 saturated heterocycles. The molecule has 1 aromatic rings. The number of aromatic nitrogens is 1. The predicted octanol–water partition coefficient (Wildman–Crippen LogP) is 2.83. The molecule has 0 N–H and O–H groups in total. The fraction of sp³-hybridized carbons (Fsp3) is 0.538. The lowest BCUT2D eigenvalue weighted by Crippen LogP contribution is -2.45. The van der Waals surface area contributed by atoms with Crippen LogP contribution in [0.1, 0.15) is 38.2 Å². The topological polar surface area (TPSA) is 42.4 Å². The second-order valence-corrected chi connectivity index (χ2v) is 4.69. The Labute approximate surface area is 101 Å². The van der Waals surface area contributed by atoms with E-state index in [4.69, 9.17) is 4.74 Å². The minimum atomic E-state index is -0.396. The minimum Gasteiger partial charge on any atom is -0.437 e. The third kappa shape index (κ3) is 1.43. The second kappa shape index (κ2) is 3.72. The number of carbonyl (C=O) groups excluding carboxylic acids is 1. The highest BCUT2D eigenvalue weighted by molar-refractivity contribution is 5.90. The summed E-state index contributed by atoms with van der Waals surface area (Å²) in [4.78, 5) is 18.0. The molecule has 1 spiro atoms. The maximum absolute atomic E-state index is 12.0. The SMILES string of the molecule is CCN1C(=O)OC2(CCCC2)c2cccnc21. The zero-order valence-electron chi connectivity index (χ0n) is 9.98. The van der Waals surface area contributed by atoms with Crippen molar-refractivity contribution in [1.29, 1.82) is 0 Å². The van der Waals surface area contributed by atoms with Crippen molar-refractivity contribution in [2.75, 3.05) is 11.4 Å². The van der Waals surface area contributed by atoms with Crippen LogP contribution in [0.2, 0.25) is 0 Å². The molecule has 0 atom stereocenters. The lowest BCUT2D eigenvalue weighted by Gasteiger charge is -2.39. The first-order valence-electron chi connectivity index (χ1n) is 6.23. The van der Waals surface area contributed by atoms with E-state index in [2.05, 4.69) is 4.98 Å². The van der Waals surface area contributed by atoms with E-state index in [9.17, 15) is 4.79 Å². The molecule has 3 rings (SSSR count). The van der Waals surface area contributed by atoms with E-state index in [0.717, 1.165) is 37.1 Å². The van der Waals surface area contributed by atoms with Crippen molar-refractivity contribution in [2.24, 2.45) is 0 Å². The summed E-state index contributed by atoms with van der Waals surface area (Å²) in [6.45, 7) is 2.53. The Bertz CT molecular complexity index is 452. The van der Waals surface area contributed by atoms with Crippen LogP contribution in [0.3, 0.4) is 0 Å².